The molecule has 130 valence electrons. The van der Waals surface area contributed by atoms with Crippen molar-refractivity contribution in [1.29, 1.82) is 0 Å². The average molecular weight is 336 g/mol. The molecule has 1 heterocycles. The number of Topliss-reactive ketones (excluding diaryl/α,β-unsaturated/α-hetero) is 1. The fourth-order valence-corrected chi connectivity index (χ4v) is 3.99. The lowest BCUT2D eigenvalue weighted by Crippen LogP contribution is -2.39. The van der Waals surface area contributed by atoms with E-state index in [2.05, 4.69) is 4.90 Å². The van der Waals surface area contributed by atoms with Crippen LogP contribution in [0.3, 0.4) is 0 Å². The van der Waals surface area contributed by atoms with Crippen LogP contribution in [0, 0.1) is 11.8 Å². The van der Waals surface area contributed by atoms with Crippen molar-refractivity contribution in [2.24, 2.45) is 17.6 Å². The summed E-state index contributed by atoms with van der Waals surface area (Å²) in [6.45, 7) is 3.08. The molecule has 2 fully saturated rings. The van der Waals surface area contributed by atoms with Gasteiger partial charge in [-0.2, -0.15) is 0 Å². The molecule has 1 saturated carbocycles. The Kier molecular flexibility index (Phi) is 4.30. The quantitative estimate of drug-likeness (QED) is 0.853. The molecule has 1 amide bonds. The predicted molar refractivity (Wildman–Crippen MR) is 98.7 cm³/mol. The van der Waals surface area contributed by atoms with Crippen molar-refractivity contribution in [1.82, 2.24) is 4.90 Å². The van der Waals surface area contributed by atoms with Crippen LogP contribution in [0.5, 0.6) is 0 Å². The fourth-order valence-electron chi connectivity index (χ4n) is 3.99. The van der Waals surface area contributed by atoms with Crippen molar-refractivity contribution in [3.63, 3.8) is 0 Å². The minimum absolute atomic E-state index is 0.0226. The third kappa shape index (κ3) is 3.45. The number of rotatable bonds is 5. The van der Waals surface area contributed by atoms with Gasteiger partial charge >= 0.3 is 0 Å². The van der Waals surface area contributed by atoms with Crippen molar-refractivity contribution in [2.75, 3.05) is 19.6 Å². The Hall–Kier alpha value is -2.20. The first-order chi connectivity index (χ1) is 12.1. The molecule has 2 aromatic carbocycles. The van der Waals surface area contributed by atoms with E-state index in [1.165, 1.54) is 12.8 Å². The normalized spacial score (nSPS) is 21.4. The highest BCUT2D eigenvalue weighted by molar-refractivity contribution is 6.10. The Morgan fingerprint density at radius 3 is 2.68 bits per heavy atom. The molecule has 4 heteroatoms. The highest BCUT2D eigenvalue weighted by Crippen LogP contribution is 2.32. The lowest BCUT2D eigenvalue weighted by molar-refractivity contribution is 0.0815. The monoisotopic (exact) mass is 336 g/mol. The number of nitrogens with two attached hydrogens (primary N) is 1. The second kappa shape index (κ2) is 6.60. The first-order valence-corrected chi connectivity index (χ1v) is 9.21. The summed E-state index contributed by atoms with van der Waals surface area (Å²) >= 11 is 0. The van der Waals surface area contributed by atoms with Crippen LogP contribution < -0.4 is 5.73 Å². The number of ketones is 1. The Morgan fingerprint density at radius 1 is 1.12 bits per heavy atom. The summed E-state index contributed by atoms with van der Waals surface area (Å²) < 4.78 is 0. The van der Waals surface area contributed by atoms with Crippen LogP contribution in [0.4, 0.5) is 0 Å². The molecule has 1 atom stereocenters. The number of carbonyl (C=O) groups is 2. The SMILES string of the molecule is NC(=O)c1cc(C(=O)C2CCCN(CC3CC3)C2)cc2ccccc12. The van der Waals surface area contributed by atoms with Gasteiger partial charge in [0, 0.05) is 30.1 Å². The van der Waals surface area contributed by atoms with Gasteiger partial charge in [-0.25, -0.2) is 0 Å². The molecule has 1 aliphatic heterocycles. The minimum atomic E-state index is -0.482. The zero-order valence-corrected chi connectivity index (χ0v) is 14.4. The van der Waals surface area contributed by atoms with Gasteiger partial charge in [-0.15, -0.1) is 0 Å². The number of benzene rings is 2. The molecule has 0 radical (unpaired) electrons. The molecule has 2 aliphatic rings. The molecule has 4 rings (SSSR count). The topological polar surface area (TPSA) is 63.4 Å². The van der Waals surface area contributed by atoms with Gasteiger partial charge < -0.3 is 10.6 Å². The van der Waals surface area contributed by atoms with Crippen LogP contribution in [0.15, 0.2) is 36.4 Å². The molecule has 1 aliphatic carbocycles. The third-order valence-corrected chi connectivity index (χ3v) is 5.50. The Labute approximate surface area is 148 Å². The standard InChI is InChI=1S/C21H24N2O2/c22-21(25)19-11-17(10-15-4-1-2-6-18(15)19)20(24)16-5-3-9-23(13-16)12-14-7-8-14/h1-2,4,6,10-11,14,16H,3,5,7-9,12-13H2,(H2,22,25). The molecule has 1 saturated heterocycles. The fraction of sp³-hybridized carbons (Fsp3) is 0.429. The van der Waals surface area contributed by atoms with Gasteiger partial charge in [0.2, 0.25) is 5.91 Å². The average Bonchev–Trinajstić information content (AvgIpc) is 3.44. The molecule has 2 N–H and O–H groups in total. The Bertz CT molecular complexity index is 826. The Morgan fingerprint density at radius 2 is 1.92 bits per heavy atom. The molecule has 0 aromatic heterocycles. The first-order valence-electron chi connectivity index (χ1n) is 9.21. The number of primary amides is 1. The second-order valence-electron chi connectivity index (χ2n) is 7.52. The van der Waals surface area contributed by atoms with E-state index in [0.29, 0.717) is 11.1 Å². The lowest BCUT2D eigenvalue weighted by atomic mass is 9.88. The molecule has 2 aromatic rings. The van der Waals surface area contributed by atoms with Crippen molar-refractivity contribution in [3.8, 4) is 0 Å². The van der Waals surface area contributed by atoms with Gasteiger partial charge in [-0.05, 0) is 61.1 Å². The number of carbonyl (C=O) groups excluding carboxylic acids is 2. The lowest BCUT2D eigenvalue weighted by Gasteiger charge is -2.32. The van der Waals surface area contributed by atoms with Gasteiger partial charge in [0.1, 0.15) is 0 Å². The van der Waals surface area contributed by atoms with E-state index in [1.807, 2.05) is 30.3 Å². The number of piperidine rings is 1. The number of likely N-dealkylation sites (tertiary alicyclic amines) is 1. The van der Waals surface area contributed by atoms with Gasteiger partial charge in [0.05, 0.1) is 0 Å². The van der Waals surface area contributed by atoms with Gasteiger partial charge in [-0.3, -0.25) is 9.59 Å². The molecule has 25 heavy (non-hydrogen) atoms. The molecular formula is C21H24N2O2. The number of fused-ring (bicyclic) bond motifs is 1. The van der Waals surface area contributed by atoms with Gasteiger partial charge in [0.15, 0.2) is 5.78 Å². The summed E-state index contributed by atoms with van der Waals surface area (Å²) in [7, 11) is 0. The van der Waals surface area contributed by atoms with Crippen LogP contribution >= 0.6 is 0 Å². The smallest absolute Gasteiger partial charge is 0.249 e. The zero-order valence-electron chi connectivity index (χ0n) is 14.4. The summed E-state index contributed by atoms with van der Waals surface area (Å²) in [6, 6.07) is 11.2. The molecule has 4 nitrogen and oxygen atoms in total. The number of nitrogens with zero attached hydrogens (tertiary/aromatic N) is 1. The first kappa shape index (κ1) is 16.3. The summed E-state index contributed by atoms with van der Waals surface area (Å²) in [6.07, 6.45) is 4.67. The van der Waals surface area contributed by atoms with E-state index in [1.54, 1.807) is 6.07 Å². The van der Waals surface area contributed by atoms with Crippen LogP contribution in [0.2, 0.25) is 0 Å². The van der Waals surface area contributed by atoms with Crippen molar-refractivity contribution in [2.45, 2.75) is 25.7 Å². The van der Waals surface area contributed by atoms with E-state index in [0.717, 1.165) is 49.2 Å². The van der Waals surface area contributed by atoms with Crippen LogP contribution in [-0.2, 0) is 0 Å². The Balaban J connectivity index is 1.61. The molecule has 1 unspecified atom stereocenters. The van der Waals surface area contributed by atoms with E-state index >= 15 is 0 Å². The molecule has 0 bridgehead atoms. The highest BCUT2D eigenvalue weighted by atomic mass is 16.1. The van der Waals surface area contributed by atoms with E-state index in [9.17, 15) is 9.59 Å². The third-order valence-electron chi connectivity index (χ3n) is 5.50. The summed E-state index contributed by atoms with van der Waals surface area (Å²) in [5.41, 5.74) is 6.61. The zero-order chi connectivity index (χ0) is 17.4. The maximum Gasteiger partial charge on any atom is 0.249 e. The van der Waals surface area contributed by atoms with Crippen LogP contribution in [-0.4, -0.2) is 36.2 Å². The number of amides is 1. The number of hydrogen-bond acceptors (Lipinski definition) is 3. The van der Waals surface area contributed by atoms with Crippen molar-refractivity contribution < 1.29 is 9.59 Å². The van der Waals surface area contributed by atoms with Gasteiger partial charge in [-0.1, -0.05) is 24.3 Å². The maximum atomic E-state index is 13.1. The largest absolute Gasteiger partial charge is 0.366 e. The molecule has 0 spiro atoms. The maximum absolute atomic E-state index is 13.1. The van der Waals surface area contributed by atoms with E-state index in [4.69, 9.17) is 5.73 Å². The number of hydrogen-bond donors (Lipinski definition) is 1. The minimum Gasteiger partial charge on any atom is -0.366 e. The van der Waals surface area contributed by atoms with Gasteiger partial charge in [0.25, 0.3) is 0 Å². The summed E-state index contributed by atoms with van der Waals surface area (Å²) in [5.74, 6) is 0.531. The van der Waals surface area contributed by atoms with Crippen molar-refractivity contribution in [3.05, 3.63) is 47.5 Å². The van der Waals surface area contributed by atoms with Crippen LogP contribution in [0.25, 0.3) is 10.8 Å². The molecular weight excluding hydrogens is 312 g/mol. The summed E-state index contributed by atoms with van der Waals surface area (Å²) in [4.78, 5) is 27.4. The van der Waals surface area contributed by atoms with Crippen LogP contribution in [0.1, 0.15) is 46.4 Å². The van der Waals surface area contributed by atoms with E-state index < -0.39 is 5.91 Å². The summed E-state index contributed by atoms with van der Waals surface area (Å²) in [5, 5.41) is 1.71. The predicted octanol–water partition coefficient (Wildman–Crippen LogP) is 3.24. The second-order valence-corrected chi connectivity index (χ2v) is 7.52. The van der Waals surface area contributed by atoms with Crippen molar-refractivity contribution >= 4 is 22.5 Å². The highest BCUT2D eigenvalue weighted by Gasteiger charge is 2.31. The van der Waals surface area contributed by atoms with E-state index in [-0.39, 0.29) is 11.7 Å².